The Morgan fingerprint density at radius 1 is 1.04 bits per heavy atom. The molecular formula is C18H29N3O3. The van der Waals surface area contributed by atoms with E-state index in [1.165, 1.54) is 23.5 Å². The van der Waals surface area contributed by atoms with Crippen LogP contribution < -0.4 is 16.5 Å². The van der Waals surface area contributed by atoms with E-state index in [2.05, 4.69) is 29.6 Å². The summed E-state index contributed by atoms with van der Waals surface area (Å²) in [6.45, 7) is 2.25. The van der Waals surface area contributed by atoms with Crippen LogP contribution in [0.25, 0.3) is 0 Å². The Morgan fingerprint density at radius 3 is 2.17 bits per heavy atom. The zero-order valence-electron chi connectivity index (χ0n) is 14.4. The second-order valence-corrected chi connectivity index (χ2v) is 6.03. The lowest BCUT2D eigenvalue weighted by molar-refractivity contribution is -0.134. The molecule has 1 aromatic rings. The molecule has 6 nitrogen and oxygen atoms in total. The molecule has 0 aliphatic heterocycles. The summed E-state index contributed by atoms with van der Waals surface area (Å²) in [4.78, 5) is 22.7. The largest absolute Gasteiger partial charge is 0.345 e. The van der Waals surface area contributed by atoms with Gasteiger partial charge in [0.15, 0.2) is 0 Å². The van der Waals surface area contributed by atoms with Gasteiger partial charge in [0.05, 0.1) is 0 Å². The number of nitrogens with two attached hydrogens (primary N) is 1. The van der Waals surface area contributed by atoms with Crippen molar-refractivity contribution >= 4 is 11.8 Å². The summed E-state index contributed by atoms with van der Waals surface area (Å²) in [5.74, 6) is -0.784. The van der Waals surface area contributed by atoms with Gasteiger partial charge in [-0.15, -0.1) is 0 Å². The molecule has 0 fully saturated rings. The Kier molecular flexibility index (Phi) is 9.72. The lowest BCUT2D eigenvalue weighted by atomic mass is 10.0. The molecule has 0 bridgehead atoms. The Bertz CT molecular complexity index is 503. The van der Waals surface area contributed by atoms with Crippen molar-refractivity contribution in [2.75, 3.05) is 6.54 Å². The Morgan fingerprint density at radius 2 is 1.62 bits per heavy atom. The van der Waals surface area contributed by atoms with Gasteiger partial charge in [-0.05, 0) is 56.7 Å². The van der Waals surface area contributed by atoms with E-state index in [0.717, 1.165) is 45.1 Å². The number of hydrogen-bond donors (Lipinski definition) is 4. The van der Waals surface area contributed by atoms with Crippen LogP contribution in [0.15, 0.2) is 24.3 Å². The third-order valence-electron chi connectivity index (χ3n) is 3.94. The van der Waals surface area contributed by atoms with Crippen LogP contribution in [0.3, 0.4) is 0 Å². The summed E-state index contributed by atoms with van der Waals surface area (Å²) < 4.78 is 0. The highest BCUT2D eigenvalue weighted by molar-refractivity contribution is 5.86. The van der Waals surface area contributed by atoms with Crippen molar-refractivity contribution in [1.29, 1.82) is 0 Å². The van der Waals surface area contributed by atoms with Crippen molar-refractivity contribution in [3.63, 3.8) is 0 Å². The van der Waals surface area contributed by atoms with Crippen LogP contribution in [0, 0.1) is 0 Å². The van der Waals surface area contributed by atoms with Crippen molar-refractivity contribution in [2.24, 2.45) is 5.73 Å². The summed E-state index contributed by atoms with van der Waals surface area (Å²) in [7, 11) is 0. The first kappa shape index (κ1) is 20.1. The number of unbranched alkanes of at least 4 members (excludes halogenated alkanes) is 2. The molecule has 1 rings (SSSR count). The number of amides is 2. The second-order valence-electron chi connectivity index (χ2n) is 6.03. The normalized spacial score (nSPS) is 11.8. The maximum absolute atomic E-state index is 11.6. The summed E-state index contributed by atoms with van der Waals surface area (Å²) in [5, 5.41) is 11.0. The quantitative estimate of drug-likeness (QED) is 0.281. The molecule has 0 aromatic heterocycles. The summed E-state index contributed by atoms with van der Waals surface area (Å²) in [6, 6.07) is 7.92. The van der Waals surface area contributed by atoms with Crippen molar-refractivity contribution < 1.29 is 14.8 Å². The highest BCUT2D eigenvalue weighted by Crippen LogP contribution is 2.11. The van der Waals surface area contributed by atoms with Gasteiger partial charge in [0.1, 0.15) is 6.04 Å². The van der Waals surface area contributed by atoms with E-state index in [4.69, 9.17) is 10.9 Å². The SMILES string of the molecule is CC(NC(=O)CCCCCc1ccc(CCCN)cc1)C(=O)NO. The third-order valence-corrected chi connectivity index (χ3v) is 3.94. The molecule has 134 valence electrons. The fraction of sp³-hybridized carbons (Fsp3) is 0.556. The number of nitrogens with one attached hydrogen (secondary N) is 2. The second kappa shape index (κ2) is 11.6. The van der Waals surface area contributed by atoms with Gasteiger partial charge in [-0.1, -0.05) is 30.7 Å². The average Bonchev–Trinajstić information content (AvgIpc) is 2.59. The first-order valence-corrected chi connectivity index (χ1v) is 8.58. The molecule has 6 heteroatoms. The van der Waals surface area contributed by atoms with Crippen LogP contribution in [-0.4, -0.2) is 29.6 Å². The van der Waals surface area contributed by atoms with Gasteiger partial charge in [0.2, 0.25) is 5.91 Å². The predicted octanol–water partition coefficient (Wildman–Crippen LogP) is 1.69. The lowest BCUT2D eigenvalue weighted by Gasteiger charge is -2.11. The van der Waals surface area contributed by atoms with Gasteiger partial charge in [0.25, 0.3) is 5.91 Å². The van der Waals surface area contributed by atoms with E-state index in [0.29, 0.717) is 6.42 Å². The van der Waals surface area contributed by atoms with Gasteiger partial charge in [-0.3, -0.25) is 14.8 Å². The number of benzene rings is 1. The van der Waals surface area contributed by atoms with Gasteiger partial charge >= 0.3 is 0 Å². The third kappa shape index (κ3) is 8.08. The van der Waals surface area contributed by atoms with Crippen LogP contribution in [0.4, 0.5) is 0 Å². The van der Waals surface area contributed by atoms with E-state index >= 15 is 0 Å². The monoisotopic (exact) mass is 335 g/mol. The number of carbonyl (C=O) groups excluding carboxylic acids is 2. The van der Waals surface area contributed by atoms with Crippen molar-refractivity contribution in [1.82, 2.24) is 10.8 Å². The minimum atomic E-state index is -0.722. The van der Waals surface area contributed by atoms with Crippen LogP contribution in [-0.2, 0) is 22.4 Å². The molecule has 0 saturated carbocycles. The molecule has 24 heavy (non-hydrogen) atoms. The molecule has 2 amide bonds. The molecule has 0 saturated heterocycles. The topological polar surface area (TPSA) is 104 Å². The molecule has 0 spiro atoms. The fourth-order valence-corrected chi connectivity index (χ4v) is 2.45. The van der Waals surface area contributed by atoms with E-state index in [-0.39, 0.29) is 5.91 Å². The molecule has 1 atom stereocenters. The lowest BCUT2D eigenvalue weighted by Crippen LogP contribution is -2.43. The average molecular weight is 335 g/mol. The fourth-order valence-electron chi connectivity index (χ4n) is 2.45. The zero-order valence-corrected chi connectivity index (χ0v) is 14.4. The number of hydrogen-bond acceptors (Lipinski definition) is 4. The van der Waals surface area contributed by atoms with E-state index in [1.54, 1.807) is 0 Å². The van der Waals surface area contributed by atoms with Gasteiger partial charge in [-0.2, -0.15) is 0 Å². The zero-order chi connectivity index (χ0) is 17.8. The minimum Gasteiger partial charge on any atom is -0.345 e. The van der Waals surface area contributed by atoms with Crippen LogP contribution in [0.1, 0.15) is 50.2 Å². The number of rotatable bonds is 11. The summed E-state index contributed by atoms with van der Waals surface area (Å²) in [5.41, 5.74) is 9.66. The maximum Gasteiger partial charge on any atom is 0.265 e. The Labute approximate surface area is 143 Å². The molecule has 0 radical (unpaired) electrons. The van der Waals surface area contributed by atoms with E-state index < -0.39 is 11.9 Å². The summed E-state index contributed by atoms with van der Waals surface area (Å²) >= 11 is 0. The van der Waals surface area contributed by atoms with Gasteiger partial charge in [-0.25, -0.2) is 5.48 Å². The molecule has 1 unspecified atom stereocenters. The highest BCUT2D eigenvalue weighted by Gasteiger charge is 2.13. The molecular weight excluding hydrogens is 306 g/mol. The Hall–Kier alpha value is -1.92. The number of hydroxylamine groups is 1. The van der Waals surface area contributed by atoms with E-state index in [1.807, 2.05) is 0 Å². The van der Waals surface area contributed by atoms with Crippen LogP contribution >= 0.6 is 0 Å². The van der Waals surface area contributed by atoms with E-state index in [9.17, 15) is 9.59 Å². The van der Waals surface area contributed by atoms with Crippen LogP contribution in [0.5, 0.6) is 0 Å². The van der Waals surface area contributed by atoms with Crippen molar-refractivity contribution in [3.05, 3.63) is 35.4 Å². The van der Waals surface area contributed by atoms with Gasteiger partial charge in [0, 0.05) is 6.42 Å². The Balaban J connectivity index is 2.15. The molecule has 0 aliphatic rings. The standard InChI is InChI=1S/C18H29N3O3/c1-14(18(23)21-24)20-17(22)8-4-2-3-6-15-9-11-16(12-10-15)7-5-13-19/h9-12,14,24H,2-8,13,19H2,1H3,(H,20,22)(H,21,23). The molecule has 5 N–H and O–H groups in total. The van der Waals surface area contributed by atoms with Crippen LogP contribution in [0.2, 0.25) is 0 Å². The maximum atomic E-state index is 11.6. The highest BCUT2D eigenvalue weighted by atomic mass is 16.5. The van der Waals surface area contributed by atoms with Gasteiger partial charge < -0.3 is 11.1 Å². The predicted molar refractivity (Wildman–Crippen MR) is 93.5 cm³/mol. The first-order chi connectivity index (χ1) is 11.6. The number of carbonyl (C=O) groups is 2. The number of aryl methyl sites for hydroxylation is 2. The molecule has 0 aliphatic carbocycles. The van der Waals surface area contributed by atoms with Crippen molar-refractivity contribution in [3.8, 4) is 0 Å². The molecule has 0 heterocycles. The smallest absolute Gasteiger partial charge is 0.265 e. The summed E-state index contributed by atoms with van der Waals surface area (Å²) in [6.07, 6.45) is 6.21. The minimum absolute atomic E-state index is 0.171. The first-order valence-electron chi connectivity index (χ1n) is 8.58. The molecule has 1 aromatic carbocycles. The van der Waals surface area contributed by atoms with Crippen molar-refractivity contribution in [2.45, 2.75) is 57.9 Å².